The number of hydrogen-bond acceptors (Lipinski definition) is 2. The predicted octanol–water partition coefficient (Wildman–Crippen LogP) is 2.50. The summed E-state index contributed by atoms with van der Waals surface area (Å²) in [5, 5.41) is 0.714. The highest BCUT2D eigenvalue weighted by Crippen LogP contribution is 2.35. The van der Waals surface area contributed by atoms with Crippen LogP contribution in [0.4, 0.5) is 0 Å². The fourth-order valence-corrected chi connectivity index (χ4v) is 3.55. The van der Waals surface area contributed by atoms with Crippen molar-refractivity contribution in [1.82, 2.24) is 0 Å². The molecule has 0 aromatic heterocycles. The minimum absolute atomic E-state index is 0.439. The number of nitrogens with two attached hydrogens (primary N) is 1. The van der Waals surface area contributed by atoms with E-state index in [1.807, 2.05) is 11.8 Å². The summed E-state index contributed by atoms with van der Waals surface area (Å²) in [6.45, 7) is 6.90. The van der Waals surface area contributed by atoms with Crippen LogP contribution in [0, 0.1) is 11.8 Å². The van der Waals surface area contributed by atoms with E-state index in [1.165, 1.54) is 18.6 Å². The van der Waals surface area contributed by atoms with Crippen molar-refractivity contribution in [2.24, 2.45) is 17.6 Å². The first-order chi connectivity index (χ1) is 5.65. The van der Waals surface area contributed by atoms with Gasteiger partial charge in [0.05, 0.1) is 0 Å². The van der Waals surface area contributed by atoms with Crippen LogP contribution in [0.3, 0.4) is 0 Å². The molecule has 1 rings (SSSR count). The Kier molecular flexibility index (Phi) is 3.91. The molecule has 0 aliphatic heterocycles. The summed E-state index contributed by atoms with van der Waals surface area (Å²) in [4.78, 5) is 0. The molecule has 4 atom stereocenters. The van der Waals surface area contributed by atoms with Crippen LogP contribution >= 0.6 is 11.8 Å². The van der Waals surface area contributed by atoms with Gasteiger partial charge in [-0.05, 0) is 30.4 Å². The fourth-order valence-electron chi connectivity index (χ4n) is 2.37. The molecule has 0 aromatic rings. The SMILES string of the molecule is CCSC1C(C)CC(C)CC1N. The Bertz CT molecular complexity index is 126. The Labute approximate surface area is 80.5 Å². The van der Waals surface area contributed by atoms with E-state index in [2.05, 4.69) is 20.8 Å². The van der Waals surface area contributed by atoms with Crippen molar-refractivity contribution in [1.29, 1.82) is 0 Å². The molecule has 4 unspecified atom stereocenters. The molecule has 0 heterocycles. The second-order valence-electron chi connectivity index (χ2n) is 4.14. The Hall–Kier alpha value is 0.310. The smallest absolute Gasteiger partial charge is 0.0224 e. The molecule has 0 bridgehead atoms. The first-order valence-corrected chi connectivity index (χ1v) is 6.07. The van der Waals surface area contributed by atoms with Crippen LogP contribution in [0.15, 0.2) is 0 Å². The van der Waals surface area contributed by atoms with Gasteiger partial charge in [0.25, 0.3) is 0 Å². The van der Waals surface area contributed by atoms with Gasteiger partial charge in [-0.3, -0.25) is 0 Å². The average Bonchev–Trinajstić information content (AvgIpc) is 1.96. The highest BCUT2D eigenvalue weighted by molar-refractivity contribution is 7.99. The molecular weight excluding hydrogens is 166 g/mol. The standard InChI is InChI=1S/C10H21NS/c1-4-12-10-8(3)5-7(2)6-9(10)11/h7-10H,4-6,11H2,1-3H3. The highest BCUT2D eigenvalue weighted by Gasteiger charge is 2.31. The Morgan fingerprint density at radius 2 is 2.00 bits per heavy atom. The Morgan fingerprint density at radius 3 is 2.50 bits per heavy atom. The first kappa shape index (κ1) is 10.4. The molecule has 0 amide bonds. The Balaban J connectivity index is 2.48. The summed E-state index contributed by atoms with van der Waals surface area (Å²) in [5.74, 6) is 2.86. The summed E-state index contributed by atoms with van der Waals surface area (Å²) < 4.78 is 0. The van der Waals surface area contributed by atoms with Gasteiger partial charge in [0.1, 0.15) is 0 Å². The zero-order valence-electron chi connectivity index (χ0n) is 8.42. The van der Waals surface area contributed by atoms with Crippen molar-refractivity contribution in [2.75, 3.05) is 5.75 Å². The van der Waals surface area contributed by atoms with Crippen LogP contribution in [-0.2, 0) is 0 Å². The molecule has 2 heteroatoms. The van der Waals surface area contributed by atoms with Crippen LogP contribution in [-0.4, -0.2) is 17.0 Å². The van der Waals surface area contributed by atoms with Crippen molar-refractivity contribution in [3.8, 4) is 0 Å². The summed E-state index contributed by atoms with van der Waals surface area (Å²) in [7, 11) is 0. The molecule has 1 aliphatic carbocycles. The molecule has 0 aromatic carbocycles. The maximum absolute atomic E-state index is 6.13. The van der Waals surface area contributed by atoms with Crippen LogP contribution in [0.1, 0.15) is 33.6 Å². The van der Waals surface area contributed by atoms with Crippen LogP contribution in [0.25, 0.3) is 0 Å². The lowest BCUT2D eigenvalue weighted by atomic mass is 9.80. The molecule has 1 fully saturated rings. The molecule has 0 radical (unpaired) electrons. The van der Waals surface area contributed by atoms with Crippen molar-refractivity contribution in [3.05, 3.63) is 0 Å². The van der Waals surface area contributed by atoms with Gasteiger partial charge in [-0.1, -0.05) is 20.8 Å². The molecule has 1 nitrogen and oxygen atoms in total. The van der Waals surface area contributed by atoms with Gasteiger partial charge in [-0.2, -0.15) is 11.8 Å². The van der Waals surface area contributed by atoms with Gasteiger partial charge in [0.2, 0.25) is 0 Å². The lowest BCUT2D eigenvalue weighted by Gasteiger charge is -2.37. The molecule has 0 spiro atoms. The van der Waals surface area contributed by atoms with Crippen LogP contribution in [0.2, 0.25) is 0 Å². The van der Waals surface area contributed by atoms with Gasteiger partial charge in [-0.15, -0.1) is 0 Å². The van der Waals surface area contributed by atoms with E-state index < -0.39 is 0 Å². The predicted molar refractivity (Wildman–Crippen MR) is 57.5 cm³/mol. The van der Waals surface area contributed by atoms with E-state index in [9.17, 15) is 0 Å². The van der Waals surface area contributed by atoms with E-state index in [0.29, 0.717) is 11.3 Å². The molecule has 2 N–H and O–H groups in total. The van der Waals surface area contributed by atoms with Crippen LogP contribution in [0.5, 0.6) is 0 Å². The quantitative estimate of drug-likeness (QED) is 0.719. The summed E-state index contributed by atoms with van der Waals surface area (Å²) in [5.41, 5.74) is 6.13. The normalized spacial score (nSPS) is 43.0. The maximum atomic E-state index is 6.13. The molecule has 1 saturated carbocycles. The summed E-state index contributed by atoms with van der Waals surface area (Å²) in [6, 6.07) is 0.439. The van der Waals surface area contributed by atoms with Gasteiger partial charge in [0, 0.05) is 11.3 Å². The third-order valence-corrected chi connectivity index (χ3v) is 4.32. The number of hydrogen-bond donors (Lipinski definition) is 1. The van der Waals surface area contributed by atoms with Gasteiger partial charge < -0.3 is 5.73 Å². The summed E-state index contributed by atoms with van der Waals surface area (Å²) in [6.07, 6.45) is 2.59. The maximum Gasteiger partial charge on any atom is 0.0224 e. The van der Waals surface area contributed by atoms with Gasteiger partial charge in [-0.25, -0.2) is 0 Å². The zero-order chi connectivity index (χ0) is 9.14. The number of thioether (sulfide) groups is 1. The van der Waals surface area contributed by atoms with E-state index in [1.54, 1.807) is 0 Å². The second-order valence-corrected chi connectivity index (χ2v) is 5.59. The van der Waals surface area contributed by atoms with Crippen molar-refractivity contribution >= 4 is 11.8 Å². The van der Waals surface area contributed by atoms with E-state index >= 15 is 0 Å². The minimum atomic E-state index is 0.439. The minimum Gasteiger partial charge on any atom is -0.327 e. The molecule has 0 saturated heterocycles. The largest absolute Gasteiger partial charge is 0.327 e. The second kappa shape index (κ2) is 4.52. The molecule has 72 valence electrons. The van der Waals surface area contributed by atoms with Crippen molar-refractivity contribution < 1.29 is 0 Å². The highest BCUT2D eigenvalue weighted by atomic mass is 32.2. The summed E-state index contributed by atoms with van der Waals surface area (Å²) >= 11 is 2.05. The zero-order valence-corrected chi connectivity index (χ0v) is 9.23. The number of rotatable bonds is 2. The third kappa shape index (κ3) is 2.40. The molecule has 12 heavy (non-hydrogen) atoms. The van der Waals surface area contributed by atoms with Crippen molar-refractivity contribution in [3.63, 3.8) is 0 Å². The average molecular weight is 187 g/mol. The molecular formula is C10H21NS. The third-order valence-electron chi connectivity index (χ3n) is 2.79. The fraction of sp³-hybridized carbons (Fsp3) is 1.00. The van der Waals surface area contributed by atoms with E-state index in [0.717, 1.165) is 11.8 Å². The Morgan fingerprint density at radius 1 is 1.33 bits per heavy atom. The monoisotopic (exact) mass is 187 g/mol. The van der Waals surface area contributed by atoms with Crippen molar-refractivity contribution in [2.45, 2.75) is 44.9 Å². The van der Waals surface area contributed by atoms with Gasteiger partial charge >= 0.3 is 0 Å². The first-order valence-electron chi connectivity index (χ1n) is 5.02. The lowest BCUT2D eigenvalue weighted by molar-refractivity contribution is 0.279. The van der Waals surface area contributed by atoms with Gasteiger partial charge in [0.15, 0.2) is 0 Å². The lowest BCUT2D eigenvalue weighted by Crippen LogP contribution is -2.43. The van der Waals surface area contributed by atoms with E-state index in [-0.39, 0.29) is 0 Å². The van der Waals surface area contributed by atoms with Crippen LogP contribution < -0.4 is 5.73 Å². The topological polar surface area (TPSA) is 26.0 Å². The molecule has 1 aliphatic rings. The van der Waals surface area contributed by atoms with E-state index in [4.69, 9.17) is 5.73 Å².